The zero-order chi connectivity index (χ0) is 17.8. The Kier molecular flexibility index (Phi) is 4.97. The molecule has 1 N–H and O–H groups in total. The summed E-state index contributed by atoms with van der Waals surface area (Å²) in [7, 11) is 1.73. The Bertz CT molecular complexity index is 896. The summed E-state index contributed by atoms with van der Waals surface area (Å²) in [4.78, 5) is 12.0. The topological polar surface area (TPSA) is 50.3 Å². The van der Waals surface area contributed by atoms with Gasteiger partial charge in [-0.2, -0.15) is 4.98 Å². The normalized spacial score (nSPS) is 13.7. The highest BCUT2D eigenvalue weighted by Gasteiger charge is 2.19. The van der Waals surface area contributed by atoms with Crippen LogP contribution in [-0.2, 0) is 17.7 Å². The van der Waals surface area contributed by atoms with Crippen LogP contribution in [0.15, 0.2) is 48.5 Å². The summed E-state index contributed by atoms with van der Waals surface area (Å²) < 4.78 is 5.14. The van der Waals surface area contributed by atoms with Crippen LogP contribution in [0.3, 0.4) is 0 Å². The minimum Gasteiger partial charge on any atom is -0.385 e. The number of para-hydroxylation sites is 1. The van der Waals surface area contributed by atoms with Gasteiger partial charge in [0, 0.05) is 38.7 Å². The number of anilines is 2. The Hall–Kier alpha value is -2.66. The predicted octanol–water partition coefficient (Wildman–Crippen LogP) is 3.64. The molecule has 0 spiro atoms. The molecule has 5 nitrogen and oxygen atoms in total. The Morgan fingerprint density at radius 3 is 2.73 bits per heavy atom. The Morgan fingerprint density at radius 1 is 1.04 bits per heavy atom. The number of hydrogen-bond donors (Lipinski definition) is 1. The number of fused-ring (bicyclic) bond motifs is 2. The van der Waals surface area contributed by atoms with Crippen molar-refractivity contribution in [3.8, 4) is 0 Å². The van der Waals surface area contributed by atoms with Crippen molar-refractivity contribution in [3.63, 3.8) is 0 Å². The van der Waals surface area contributed by atoms with Crippen LogP contribution < -0.4 is 10.2 Å². The van der Waals surface area contributed by atoms with Crippen LogP contribution in [0.1, 0.15) is 17.5 Å². The van der Waals surface area contributed by atoms with E-state index in [9.17, 15) is 0 Å². The maximum atomic E-state index is 5.14. The van der Waals surface area contributed by atoms with Crippen LogP contribution in [0.5, 0.6) is 0 Å². The number of hydrogen-bond acceptors (Lipinski definition) is 5. The molecule has 0 fully saturated rings. The molecule has 0 aliphatic carbocycles. The fraction of sp³-hybridized carbons (Fsp3) is 0.333. The van der Waals surface area contributed by atoms with Crippen LogP contribution in [0, 0.1) is 0 Å². The maximum absolute atomic E-state index is 5.14. The zero-order valence-corrected chi connectivity index (χ0v) is 15.1. The van der Waals surface area contributed by atoms with Gasteiger partial charge >= 0.3 is 0 Å². The summed E-state index contributed by atoms with van der Waals surface area (Å²) in [6, 6.07) is 16.8. The molecule has 0 atom stereocenters. The summed E-state index contributed by atoms with van der Waals surface area (Å²) >= 11 is 0. The van der Waals surface area contributed by atoms with Gasteiger partial charge in [0.25, 0.3) is 0 Å². The van der Waals surface area contributed by atoms with Gasteiger partial charge in [0.15, 0.2) is 0 Å². The van der Waals surface area contributed by atoms with Crippen LogP contribution in [-0.4, -0.2) is 36.8 Å². The molecule has 0 saturated heterocycles. The second-order valence-corrected chi connectivity index (χ2v) is 6.60. The number of methoxy groups -OCH3 is 1. The highest BCUT2D eigenvalue weighted by Crippen LogP contribution is 2.27. The standard InChI is InChI=1S/C21H24N4O/c1-26-14-6-12-22-20-18-9-4-5-10-19(18)23-21(24-20)25-13-11-16-7-2-3-8-17(16)15-25/h2-5,7-10H,6,11-15H2,1H3,(H,22,23,24). The molecule has 1 aliphatic rings. The van der Waals surface area contributed by atoms with Crippen molar-refractivity contribution in [2.45, 2.75) is 19.4 Å². The van der Waals surface area contributed by atoms with Gasteiger partial charge in [-0.25, -0.2) is 4.98 Å². The number of ether oxygens (including phenoxy) is 1. The number of nitrogens with zero attached hydrogens (tertiary/aromatic N) is 3. The molecule has 5 heteroatoms. The van der Waals surface area contributed by atoms with E-state index in [1.807, 2.05) is 12.1 Å². The molecule has 1 aromatic heterocycles. The fourth-order valence-corrected chi connectivity index (χ4v) is 3.43. The molecular weight excluding hydrogens is 324 g/mol. The third-order valence-electron chi connectivity index (χ3n) is 4.82. The van der Waals surface area contributed by atoms with E-state index in [0.717, 1.165) is 61.8 Å². The van der Waals surface area contributed by atoms with Gasteiger partial charge in [-0.3, -0.25) is 0 Å². The van der Waals surface area contributed by atoms with E-state index in [0.29, 0.717) is 0 Å². The van der Waals surface area contributed by atoms with Crippen molar-refractivity contribution in [2.24, 2.45) is 0 Å². The number of benzene rings is 2. The van der Waals surface area contributed by atoms with E-state index in [2.05, 4.69) is 46.6 Å². The van der Waals surface area contributed by atoms with E-state index < -0.39 is 0 Å². The molecule has 0 bridgehead atoms. The zero-order valence-electron chi connectivity index (χ0n) is 15.1. The monoisotopic (exact) mass is 348 g/mol. The molecule has 2 aromatic carbocycles. The number of aromatic nitrogens is 2. The summed E-state index contributed by atoms with van der Waals surface area (Å²) in [6.07, 6.45) is 1.98. The molecule has 0 saturated carbocycles. The van der Waals surface area contributed by atoms with E-state index >= 15 is 0 Å². The van der Waals surface area contributed by atoms with Crippen molar-refractivity contribution in [1.82, 2.24) is 9.97 Å². The van der Waals surface area contributed by atoms with E-state index in [1.165, 1.54) is 11.1 Å². The maximum Gasteiger partial charge on any atom is 0.228 e. The molecule has 134 valence electrons. The molecule has 3 aromatic rings. The van der Waals surface area contributed by atoms with Gasteiger partial charge in [-0.1, -0.05) is 36.4 Å². The average molecular weight is 348 g/mol. The second kappa shape index (κ2) is 7.70. The van der Waals surface area contributed by atoms with Gasteiger partial charge in [0.1, 0.15) is 5.82 Å². The van der Waals surface area contributed by atoms with Gasteiger partial charge < -0.3 is 15.0 Å². The predicted molar refractivity (Wildman–Crippen MR) is 106 cm³/mol. The summed E-state index contributed by atoms with van der Waals surface area (Å²) in [5, 5.41) is 4.52. The summed E-state index contributed by atoms with van der Waals surface area (Å²) in [5.41, 5.74) is 3.78. The fourth-order valence-electron chi connectivity index (χ4n) is 3.43. The van der Waals surface area contributed by atoms with E-state index in [4.69, 9.17) is 14.7 Å². The molecule has 26 heavy (non-hydrogen) atoms. The molecule has 4 rings (SSSR count). The third-order valence-corrected chi connectivity index (χ3v) is 4.82. The lowest BCUT2D eigenvalue weighted by Crippen LogP contribution is -2.32. The molecule has 0 radical (unpaired) electrons. The molecule has 0 amide bonds. The molecular formula is C21H24N4O. The highest BCUT2D eigenvalue weighted by atomic mass is 16.5. The first-order valence-electron chi connectivity index (χ1n) is 9.16. The quantitative estimate of drug-likeness (QED) is 0.689. The van der Waals surface area contributed by atoms with Crippen LogP contribution in [0.4, 0.5) is 11.8 Å². The van der Waals surface area contributed by atoms with E-state index in [1.54, 1.807) is 7.11 Å². The minimum atomic E-state index is 0.742. The number of rotatable bonds is 6. The third kappa shape index (κ3) is 3.48. The Labute approximate surface area is 154 Å². The SMILES string of the molecule is COCCCNc1nc(N2CCc3ccccc3C2)nc2ccccc12. The smallest absolute Gasteiger partial charge is 0.228 e. The van der Waals surface area contributed by atoms with Crippen LogP contribution in [0.25, 0.3) is 10.9 Å². The minimum absolute atomic E-state index is 0.742. The first kappa shape index (κ1) is 16.8. The summed E-state index contributed by atoms with van der Waals surface area (Å²) in [6.45, 7) is 3.37. The second-order valence-electron chi connectivity index (χ2n) is 6.60. The first-order chi connectivity index (χ1) is 12.8. The average Bonchev–Trinajstić information content (AvgIpc) is 2.70. The van der Waals surface area contributed by atoms with Crippen molar-refractivity contribution < 1.29 is 4.74 Å². The largest absolute Gasteiger partial charge is 0.385 e. The summed E-state index contributed by atoms with van der Waals surface area (Å²) in [5.74, 6) is 1.70. The van der Waals surface area contributed by atoms with Crippen molar-refractivity contribution in [1.29, 1.82) is 0 Å². The van der Waals surface area contributed by atoms with Crippen molar-refractivity contribution in [3.05, 3.63) is 59.7 Å². The molecule has 0 unspecified atom stereocenters. The molecule has 1 aliphatic heterocycles. The number of nitrogens with one attached hydrogen (secondary N) is 1. The van der Waals surface area contributed by atoms with E-state index in [-0.39, 0.29) is 0 Å². The first-order valence-corrected chi connectivity index (χ1v) is 9.16. The highest BCUT2D eigenvalue weighted by molar-refractivity contribution is 5.90. The van der Waals surface area contributed by atoms with Crippen LogP contribution >= 0.6 is 0 Å². The van der Waals surface area contributed by atoms with Crippen molar-refractivity contribution >= 4 is 22.7 Å². The van der Waals surface area contributed by atoms with Gasteiger partial charge in [0.05, 0.1) is 5.52 Å². The lowest BCUT2D eigenvalue weighted by Gasteiger charge is -2.29. The van der Waals surface area contributed by atoms with Gasteiger partial charge in [-0.15, -0.1) is 0 Å². The van der Waals surface area contributed by atoms with Crippen LogP contribution in [0.2, 0.25) is 0 Å². The lowest BCUT2D eigenvalue weighted by molar-refractivity contribution is 0.198. The lowest BCUT2D eigenvalue weighted by atomic mass is 10.0. The van der Waals surface area contributed by atoms with Gasteiger partial charge in [-0.05, 0) is 36.1 Å². The van der Waals surface area contributed by atoms with Crippen molar-refractivity contribution in [2.75, 3.05) is 37.0 Å². The molecule has 2 heterocycles. The Balaban J connectivity index is 1.63. The Morgan fingerprint density at radius 2 is 1.85 bits per heavy atom. The van der Waals surface area contributed by atoms with Gasteiger partial charge in [0.2, 0.25) is 5.95 Å².